The highest BCUT2D eigenvalue weighted by atomic mass is 19.3. The first-order chi connectivity index (χ1) is 9.03. The third-order valence-electron chi connectivity index (χ3n) is 3.64. The molecule has 0 unspecified atom stereocenters. The van der Waals surface area contributed by atoms with E-state index in [4.69, 9.17) is 4.74 Å². The van der Waals surface area contributed by atoms with Crippen molar-refractivity contribution in [3.63, 3.8) is 0 Å². The highest BCUT2D eigenvalue weighted by molar-refractivity contribution is 5.74. The molecule has 0 aliphatic heterocycles. The third kappa shape index (κ3) is 3.31. The van der Waals surface area contributed by atoms with Gasteiger partial charge in [0.1, 0.15) is 0 Å². The van der Waals surface area contributed by atoms with Crippen LogP contribution >= 0.6 is 0 Å². The van der Waals surface area contributed by atoms with Crippen molar-refractivity contribution in [1.29, 1.82) is 0 Å². The first kappa shape index (κ1) is 14.0. The van der Waals surface area contributed by atoms with Gasteiger partial charge in [-0.2, -0.15) is 0 Å². The molecule has 1 aliphatic carbocycles. The summed E-state index contributed by atoms with van der Waals surface area (Å²) in [5, 5.41) is 0. The molecular formula is C15H18F2O2. The van der Waals surface area contributed by atoms with Gasteiger partial charge in [0.25, 0.3) is 0 Å². The van der Waals surface area contributed by atoms with Gasteiger partial charge in [0.2, 0.25) is 5.92 Å². The minimum atomic E-state index is -2.69. The average Bonchev–Trinajstić information content (AvgIpc) is 2.39. The molecule has 0 spiro atoms. The number of alkyl halides is 2. The molecule has 0 heterocycles. The summed E-state index contributed by atoms with van der Waals surface area (Å²) in [5.41, 5.74) is 0.792. The summed E-state index contributed by atoms with van der Waals surface area (Å²) in [6, 6.07) is 9.06. The van der Waals surface area contributed by atoms with Crippen molar-refractivity contribution in [2.75, 3.05) is 6.61 Å². The number of esters is 1. The third-order valence-corrected chi connectivity index (χ3v) is 3.64. The van der Waals surface area contributed by atoms with Crippen LogP contribution in [-0.4, -0.2) is 18.5 Å². The number of carbonyl (C=O) groups excluding carboxylic acids is 1. The van der Waals surface area contributed by atoms with Gasteiger partial charge in [-0.15, -0.1) is 0 Å². The van der Waals surface area contributed by atoms with Crippen molar-refractivity contribution in [3.8, 4) is 0 Å². The summed E-state index contributed by atoms with van der Waals surface area (Å²) in [4.78, 5) is 11.9. The Balaban J connectivity index is 2.24. The Labute approximate surface area is 111 Å². The summed E-state index contributed by atoms with van der Waals surface area (Å²) in [6.45, 7) is 2.01. The number of carbonyl (C=O) groups is 1. The predicted molar refractivity (Wildman–Crippen MR) is 68.1 cm³/mol. The SMILES string of the molecule is CCOC(=O)[C@H]1CCC(F)(F)C[C@@H]1c1ccccc1. The Hall–Kier alpha value is -1.45. The highest BCUT2D eigenvalue weighted by Crippen LogP contribution is 2.45. The van der Waals surface area contributed by atoms with Gasteiger partial charge in [-0.05, 0) is 18.9 Å². The normalized spacial score (nSPS) is 25.8. The molecule has 0 bridgehead atoms. The molecule has 1 aromatic carbocycles. The van der Waals surface area contributed by atoms with E-state index in [9.17, 15) is 13.6 Å². The second-order valence-corrected chi connectivity index (χ2v) is 4.97. The van der Waals surface area contributed by atoms with Crippen LogP contribution in [0.1, 0.15) is 37.7 Å². The van der Waals surface area contributed by atoms with E-state index in [1.165, 1.54) is 0 Å². The van der Waals surface area contributed by atoms with Crippen LogP contribution in [0.25, 0.3) is 0 Å². The lowest BCUT2D eigenvalue weighted by atomic mass is 9.74. The molecule has 2 nitrogen and oxygen atoms in total. The molecule has 1 aromatic rings. The minimum absolute atomic E-state index is 0.186. The Morgan fingerprint density at radius 3 is 2.68 bits per heavy atom. The number of hydrogen-bond acceptors (Lipinski definition) is 2. The fourth-order valence-electron chi connectivity index (χ4n) is 2.72. The van der Waals surface area contributed by atoms with Gasteiger partial charge in [-0.1, -0.05) is 30.3 Å². The lowest BCUT2D eigenvalue weighted by molar-refractivity contribution is -0.153. The number of rotatable bonds is 3. The second-order valence-electron chi connectivity index (χ2n) is 4.97. The van der Waals surface area contributed by atoms with Crippen molar-refractivity contribution in [2.24, 2.45) is 5.92 Å². The highest BCUT2D eigenvalue weighted by Gasteiger charge is 2.45. The van der Waals surface area contributed by atoms with Gasteiger partial charge >= 0.3 is 5.97 Å². The smallest absolute Gasteiger partial charge is 0.309 e. The molecule has 0 amide bonds. The lowest BCUT2D eigenvalue weighted by Gasteiger charge is -2.34. The van der Waals surface area contributed by atoms with E-state index in [0.717, 1.165) is 5.56 Å². The zero-order chi connectivity index (χ0) is 13.9. The number of halogens is 2. The van der Waals surface area contributed by atoms with E-state index < -0.39 is 17.8 Å². The van der Waals surface area contributed by atoms with E-state index in [2.05, 4.69) is 0 Å². The molecule has 104 valence electrons. The van der Waals surface area contributed by atoms with Crippen molar-refractivity contribution in [3.05, 3.63) is 35.9 Å². The standard InChI is InChI=1S/C15H18F2O2/c1-2-19-14(18)12-8-9-15(16,17)10-13(12)11-6-4-3-5-7-11/h3-7,12-13H,2,8-10H2,1H3/t12-,13+/m0/s1. The van der Waals surface area contributed by atoms with Gasteiger partial charge in [-0.25, -0.2) is 8.78 Å². The first-order valence-electron chi connectivity index (χ1n) is 6.63. The van der Waals surface area contributed by atoms with Crippen LogP contribution in [0.5, 0.6) is 0 Å². The maximum absolute atomic E-state index is 13.6. The van der Waals surface area contributed by atoms with Crippen LogP contribution in [0.4, 0.5) is 8.78 Å². The van der Waals surface area contributed by atoms with Crippen LogP contribution in [0.15, 0.2) is 30.3 Å². The molecule has 0 saturated heterocycles. The zero-order valence-electron chi connectivity index (χ0n) is 10.9. The summed E-state index contributed by atoms with van der Waals surface area (Å²) in [6.07, 6.45) is -0.328. The molecule has 1 fully saturated rings. The number of ether oxygens (including phenoxy) is 1. The van der Waals surface area contributed by atoms with Crippen LogP contribution in [0.3, 0.4) is 0 Å². The molecule has 2 atom stereocenters. The van der Waals surface area contributed by atoms with E-state index in [0.29, 0.717) is 0 Å². The Morgan fingerprint density at radius 2 is 2.05 bits per heavy atom. The molecule has 0 radical (unpaired) electrons. The topological polar surface area (TPSA) is 26.3 Å². The van der Waals surface area contributed by atoms with Crippen molar-refractivity contribution in [1.82, 2.24) is 0 Å². The van der Waals surface area contributed by atoms with Crippen LogP contribution in [0, 0.1) is 5.92 Å². The predicted octanol–water partition coefficient (Wildman–Crippen LogP) is 3.77. The van der Waals surface area contributed by atoms with Gasteiger partial charge in [-0.3, -0.25) is 4.79 Å². The molecule has 2 rings (SSSR count). The van der Waals surface area contributed by atoms with Gasteiger partial charge in [0, 0.05) is 18.8 Å². The molecular weight excluding hydrogens is 250 g/mol. The quantitative estimate of drug-likeness (QED) is 0.780. The maximum Gasteiger partial charge on any atom is 0.309 e. The van der Waals surface area contributed by atoms with Gasteiger partial charge in [0.05, 0.1) is 12.5 Å². The summed E-state index contributed by atoms with van der Waals surface area (Å²) < 4.78 is 32.2. The number of benzene rings is 1. The van der Waals surface area contributed by atoms with E-state index >= 15 is 0 Å². The molecule has 0 aromatic heterocycles. The molecule has 0 N–H and O–H groups in total. The van der Waals surface area contributed by atoms with Gasteiger partial charge in [0.15, 0.2) is 0 Å². The van der Waals surface area contributed by atoms with Crippen molar-refractivity contribution < 1.29 is 18.3 Å². The largest absolute Gasteiger partial charge is 0.466 e. The Morgan fingerprint density at radius 1 is 1.37 bits per heavy atom. The molecule has 4 heteroatoms. The summed E-state index contributed by atoms with van der Waals surface area (Å²) in [5.74, 6) is -3.96. The average molecular weight is 268 g/mol. The van der Waals surface area contributed by atoms with E-state index in [-0.39, 0.29) is 31.8 Å². The summed E-state index contributed by atoms with van der Waals surface area (Å²) in [7, 11) is 0. The van der Waals surface area contributed by atoms with E-state index in [1.54, 1.807) is 19.1 Å². The second kappa shape index (κ2) is 5.68. The Bertz CT molecular complexity index is 431. The van der Waals surface area contributed by atoms with Crippen LogP contribution in [0.2, 0.25) is 0 Å². The summed E-state index contributed by atoms with van der Waals surface area (Å²) >= 11 is 0. The van der Waals surface area contributed by atoms with Crippen LogP contribution < -0.4 is 0 Å². The van der Waals surface area contributed by atoms with Crippen molar-refractivity contribution >= 4 is 5.97 Å². The van der Waals surface area contributed by atoms with Crippen LogP contribution in [-0.2, 0) is 9.53 Å². The molecule has 1 saturated carbocycles. The fraction of sp³-hybridized carbons (Fsp3) is 0.533. The van der Waals surface area contributed by atoms with E-state index in [1.807, 2.05) is 18.2 Å². The van der Waals surface area contributed by atoms with Crippen molar-refractivity contribution in [2.45, 2.75) is 38.0 Å². The monoisotopic (exact) mass is 268 g/mol. The molecule has 1 aliphatic rings. The van der Waals surface area contributed by atoms with Gasteiger partial charge < -0.3 is 4.74 Å². The zero-order valence-corrected chi connectivity index (χ0v) is 10.9. The number of hydrogen-bond donors (Lipinski definition) is 0. The first-order valence-corrected chi connectivity index (χ1v) is 6.63. The minimum Gasteiger partial charge on any atom is -0.466 e. The molecule has 19 heavy (non-hydrogen) atoms. The Kier molecular flexibility index (Phi) is 4.17. The fourth-order valence-corrected chi connectivity index (χ4v) is 2.72. The lowest BCUT2D eigenvalue weighted by Crippen LogP contribution is -2.36. The maximum atomic E-state index is 13.6.